The number of amides is 2. The smallest absolute Gasteiger partial charge is 0.228 e. The SMILES string of the molecule is CCCCN1C(=O)CCC(C(=O)N2CCC(CCN3CCOCC3)CC2)C1c1ccccc1OC. The molecule has 1 aromatic rings. The number of benzene rings is 1. The molecule has 0 aromatic heterocycles. The first kappa shape index (κ1) is 26.0. The standard InChI is InChI=1S/C28H43N3O4/c1-3-4-14-31-26(32)10-9-24(27(31)23-7-5-6-8-25(23)34-2)28(33)30-16-12-22(13-17-30)11-15-29-18-20-35-21-19-29/h5-8,22,24,27H,3-4,9-21H2,1-2H3. The molecule has 7 nitrogen and oxygen atoms in total. The first-order valence-corrected chi connectivity index (χ1v) is 13.6. The van der Waals surface area contributed by atoms with Crippen LogP contribution in [0.15, 0.2) is 24.3 Å². The summed E-state index contributed by atoms with van der Waals surface area (Å²) in [5.41, 5.74) is 0.956. The number of methoxy groups -OCH3 is 1. The number of carbonyl (C=O) groups excluding carboxylic acids is 2. The molecule has 2 unspecified atom stereocenters. The van der Waals surface area contributed by atoms with Crippen molar-refractivity contribution in [1.82, 2.24) is 14.7 Å². The molecule has 3 aliphatic rings. The van der Waals surface area contributed by atoms with Crippen molar-refractivity contribution < 1.29 is 19.1 Å². The van der Waals surface area contributed by atoms with E-state index in [2.05, 4.69) is 16.7 Å². The summed E-state index contributed by atoms with van der Waals surface area (Å²) in [5.74, 6) is 1.58. The number of unbranched alkanes of at least 4 members (excludes halogenated alkanes) is 1. The quantitative estimate of drug-likeness (QED) is 0.533. The van der Waals surface area contributed by atoms with Crippen molar-refractivity contribution in [2.45, 2.75) is 57.9 Å². The van der Waals surface area contributed by atoms with Crippen LogP contribution in [0.1, 0.15) is 63.5 Å². The number of piperidine rings is 2. The lowest BCUT2D eigenvalue weighted by atomic mass is 9.82. The fourth-order valence-corrected chi connectivity index (χ4v) is 5.97. The maximum absolute atomic E-state index is 13.9. The molecule has 3 fully saturated rings. The van der Waals surface area contributed by atoms with Crippen molar-refractivity contribution in [2.75, 3.05) is 59.6 Å². The zero-order valence-corrected chi connectivity index (χ0v) is 21.6. The van der Waals surface area contributed by atoms with Gasteiger partial charge in [0, 0.05) is 44.7 Å². The Morgan fingerprint density at radius 2 is 1.80 bits per heavy atom. The Labute approximate surface area is 210 Å². The molecular weight excluding hydrogens is 442 g/mol. The van der Waals surface area contributed by atoms with Gasteiger partial charge in [-0.05, 0) is 50.6 Å². The first-order chi connectivity index (χ1) is 17.1. The minimum Gasteiger partial charge on any atom is -0.496 e. The molecule has 4 rings (SSSR count). The Kier molecular flexibility index (Phi) is 9.44. The molecule has 2 amide bonds. The molecule has 7 heteroatoms. The molecule has 2 atom stereocenters. The van der Waals surface area contributed by atoms with E-state index >= 15 is 0 Å². The third-order valence-electron chi connectivity index (χ3n) is 8.12. The highest BCUT2D eigenvalue weighted by atomic mass is 16.5. The highest BCUT2D eigenvalue weighted by Gasteiger charge is 2.43. The average Bonchev–Trinajstić information content (AvgIpc) is 2.91. The Hall–Kier alpha value is -2.12. The fourth-order valence-electron chi connectivity index (χ4n) is 5.97. The van der Waals surface area contributed by atoms with Gasteiger partial charge in [-0.15, -0.1) is 0 Å². The number of hydrogen-bond donors (Lipinski definition) is 0. The number of rotatable bonds is 9. The van der Waals surface area contributed by atoms with Crippen molar-refractivity contribution in [3.8, 4) is 5.75 Å². The van der Waals surface area contributed by atoms with E-state index in [9.17, 15) is 9.59 Å². The summed E-state index contributed by atoms with van der Waals surface area (Å²) in [6.07, 6.45) is 6.35. The lowest BCUT2D eigenvalue weighted by molar-refractivity contribution is -0.149. The second-order valence-corrected chi connectivity index (χ2v) is 10.3. The van der Waals surface area contributed by atoms with Crippen LogP contribution in [-0.2, 0) is 14.3 Å². The number of carbonyl (C=O) groups is 2. The number of likely N-dealkylation sites (tertiary alicyclic amines) is 2. The van der Waals surface area contributed by atoms with Crippen LogP contribution in [0.2, 0.25) is 0 Å². The minimum absolute atomic E-state index is 0.153. The molecule has 0 spiro atoms. The lowest BCUT2D eigenvalue weighted by Crippen LogP contribution is -2.51. The van der Waals surface area contributed by atoms with E-state index in [4.69, 9.17) is 9.47 Å². The van der Waals surface area contributed by atoms with Crippen LogP contribution in [-0.4, -0.2) is 86.1 Å². The van der Waals surface area contributed by atoms with Gasteiger partial charge in [-0.3, -0.25) is 14.5 Å². The molecule has 0 saturated carbocycles. The van der Waals surface area contributed by atoms with Gasteiger partial charge in [0.05, 0.1) is 32.3 Å². The van der Waals surface area contributed by atoms with Crippen molar-refractivity contribution in [1.29, 1.82) is 0 Å². The number of morpholine rings is 1. The maximum Gasteiger partial charge on any atom is 0.228 e. The van der Waals surface area contributed by atoms with Crippen LogP contribution in [0.3, 0.4) is 0 Å². The number of nitrogens with zero attached hydrogens (tertiary/aromatic N) is 3. The lowest BCUT2D eigenvalue weighted by Gasteiger charge is -2.44. The molecule has 3 heterocycles. The normalized spacial score (nSPS) is 24.6. The van der Waals surface area contributed by atoms with E-state index in [1.165, 1.54) is 6.42 Å². The monoisotopic (exact) mass is 485 g/mol. The first-order valence-electron chi connectivity index (χ1n) is 13.6. The van der Waals surface area contributed by atoms with E-state index in [0.29, 0.717) is 25.3 Å². The van der Waals surface area contributed by atoms with Gasteiger partial charge in [-0.25, -0.2) is 0 Å². The summed E-state index contributed by atoms with van der Waals surface area (Å²) in [6.45, 7) is 9.38. The second kappa shape index (κ2) is 12.7. The van der Waals surface area contributed by atoms with Crippen LogP contribution >= 0.6 is 0 Å². The second-order valence-electron chi connectivity index (χ2n) is 10.3. The Morgan fingerprint density at radius 1 is 1.06 bits per heavy atom. The van der Waals surface area contributed by atoms with Crippen molar-refractivity contribution in [3.63, 3.8) is 0 Å². The van der Waals surface area contributed by atoms with Crippen LogP contribution < -0.4 is 4.74 Å². The van der Waals surface area contributed by atoms with Crippen molar-refractivity contribution >= 4 is 11.8 Å². The van der Waals surface area contributed by atoms with E-state index in [-0.39, 0.29) is 23.8 Å². The van der Waals surface area contributed by atoms with E-state index in [0.717, 1.165) is 82.9 Å². The van der Waals surface area contributed by atoms with Crippen LogP contribution in [0.4, 0.5) is 0 Å². The summed E-state index contributed by atoms with van der Waals surface area (Å²) in [5, 5.41) is 0. The summed E-state index contributed by atoms with van der Waals surface area (Å²) in [6, 6.07) is 7.64. The molecule has 0 aliphatic carbocycles. The van der Waals surface area contributed by atoms with Crippen molar-refractivity contribution in [2.24, 2.45) is 11.8 Å². The van der Waals surface area contributed by atoms with Gasteiger partial charge in [0.1, 0.15) is 5.75 Å². The highest BCUT2D eigenvalue weighted by molar-refractivity contribution is 5.85. The van der Waals surface area contributed by atoms with Crippen LogP contribution in [0.5, 0.6) is 5.75 Å². The molecular formula is C28H43N3O4. The third kappa shape index (κ3) is 6.36. The van der Waals surface area contributed by atoms with Gasteiger partial charge in [0.25, 0.3) is 0 Å². The molecule has 0 bridgehead atoms. The van der Waals surface area contributed by atoms with Gasteiger partial charge >= 0.3 is 0 Å². The Balaban J connectivity index is 1.43. The number of para-hydroxylation sites is 1. The largest absolute Gasteiger partial charge is 0.496 e. The molecule has 3 aliphatic heterocycles. The predicted octanol–water partition coefficient (Wildman–Crippen LogP) is 3.74. The highest BCUT2D eigenvalue weighted by Crippen LogP contribution is 2.42. The van der Waals surface area contributed by atoms with Gasteiger partial charge in [0.2, 0.25) is 11.8 Å². The predicted molar refractivity (Wildman–Crippen MR) is 136 cm³/mol. The summed E-state index contributed by atoms with van der Waals surface area (Å²) in [4.78, 5) is 33.5. The van der Waals surface area contributed by atoms with Gasteiger partial charge < -0.3 is 19.3 Å². The Bertz CT molecular complexity index is 833. The van der Waals surface area contributed by atoms with Crippen LogP contribution in [0.25, 0.3) is 0 Å². The summed E-state index contributed by atoms with van der Waals surface area (Å²) >= 11 is 0. The topological polar surface area (TPSA) is 62.3 Å². The van der Waals surface area contributed by atoms with E-state index < -0.39 is 0 Å². The fraction of sp³-hybridized carbons (Fsp3) is 0.714. The average molecular weight is 486 g/mol. The molecule has 194 valence electrons. The zero-order valence-electron chi connectivity index (χ0n) is 21.6. The number of hydrogen-bond acceptors (Lipinski definition) is 5. The van der Waals surface area contributed by atoms with Crippen molar-refractivity contribution in [3.05, 3.63) is 29.8 Å². The Morgan fingerprint density at radius 3 is 2.51 bits per heavy atom. The molecule has 35 heavy (non-hydrogen) atoms. The summed E-state index contributed by atoms with van der Waals surface area (Å²) in [7, 11) is 1.67. The summed E-state index contributed by atoms with van der Waals surface area (Å²) < 4.78 is 11.1. The molecule has 0 N–H and O–H groups in total. The van der Waals surface area contributed by atoms with Gasteiger partial charge in [-0.2, -0.15) is 0 Å². The van der Waals surface area contributed by atoms with Crippen LogP contribution in [0, 0.1) is 11.8 Å². The van der Waals surface area contributed by atoms with Gasteiger partial charge in [0.15, 0.2) is 0 Å². The maximum atomic E-state index is 13.9. The zero-order chi connectivity index (χ0) is 24.6. The molecule has 0 radical (unpaired) electrons. The van der Waals surface area contributed by atoms with E-state index in [1.807, 2.05) is 29.2 Å². The minimum atomic E-state index is -0.259. The number of ether oxygens (including phenoxy) is 2. The van der Waals surface area contributed by atoms with E-state index in [1.54, 1.807) is 7.11 Å². The van der Waals surface area contributed by atoms with Gasteiger partial charge in [-0.1, -0.05) is 31.5 Å². The third-order valence-corrected chi connectivity index (χ3v) is 8.12. The molecule has 3 saturated heterocycles. The molecule has 1 aromatic carbocycles.